The van der Waals surface area contributed by atoms with Gasteiger partial charge in [-0.2, -0.15) is 0 Å². The molecule has 0 unspecified atom stereocenters. The molecule has 0 atom stereocenters. The van der Waals surface area contributed by atoms with E-state index in [1.165, 1.54) is 11.8 Å². The van der Waals surface area contributed by atoms with Crippen LogP contribution in [0.3, 0.4) is 0 Å². The van der Waals surface area contributed by atoms with Crippen LogP contribution in [0.4, 0.5) is 0 Å². The van der Waals surface area contributed by atoms with E-state index in [0.29, 0.717) is 5.15 Å². The number of aromatic nitrogens is 1. The minimum Gasteiger partial charge on any atom is -0.459 e. The molecule has 3 nitrogen and oxygen atoms in total. The quantitative estimate of drug-likeness (QED) is 0.475. The molecule has 0 spiro atoms. The lowest BCUT2D eigenvalue weighted by Crippen LogP contribution is -2.24. The number of hydrogen-bond donors (Lipinski definition) is 0. The summed E-state index contributed by atoms with van der Waals surface area (Å²) in [5.74, 6) is -0.00998. The van der Waals surface area contributed by atoms with Crippen LogP contribution in [0, 0.1) is 0 Å². The molecule has 0 aliphatic heterocycles. The van der Waals surface area contributed by atoms with Crippen molar-refractivity contribution in [3.05, 3.63) is 23.4 Å². The van der Waals surface area contributed by atoms with Gasteiger partial charge in [0.05, 0.1) is 10.8 Å². The van der Waals surface area contributed by atoms with Crippen molar-refractivity contribution in [1.29, 1.82) is 0 Å². The third kappa shape index (κ3) is 5.37. The molecule has 0 saturated carbocycles. The molecule has 0 saturated heterocycles. The average Bonchev–Trinajstić information content (AvgIpc) is 2.12. The lowest BCUT2D eigenvalue weighted by atomic mass is 10.2. The Kier molecular flexibility index (Phi) is 4.62. The number of esters is 1. The molecule has 1 rings (SSSR count). The van der Waals surface area contributed by atoms with Crippen molar-refractivity contribution in [3.8, 4) is 0 Å². The first-order valence-electron chi connectivity index (χ1n) is 4.84. The Bertz CT molecular complexity index is 376. The monoisotopic (exact) mass is 259 g/mol. The van der Waals surface area contributed by atoms with Gasteiger partial charge >= 0.3 is 5.97 Å². The van der Waals surface area contributed by atoms with E-state index >= 15 is 0 Å². The second-order valence-electron chi connectivity index (χ2n) is 4.17. The largest absolute Gasteiger partial charge is 0.459 e. The molecule has 5 heteroatoms. The van der Waals surface area contributed by atoms with Crippen molar-refractivity contribution < 1.29 is 9.53 Å². The fourth-order valence-corrected chi connectivity index (χ4v) is 1.85. The number of thioether (sulfide) groups is 1. The molecule has 1 aromatic heterocycles. The van der Waals surface area contributed by atoms with Gasteiger partial charge in [0.2, 0.25) is 0 Å². The van der Waals surface area contributed by atoms with Crippen LogP contribution in [0.5, 0.6) is 0 Å². The van der Waals surface area contributed by atoms with E-state index in [0.717, 1.165) is 5.03 Å². The highest BCUT2D eigenvalue weighted by Gasteiger charge is 2.16. The van der Waals surface area contributed by atoms with Crippen LogP contribution in [0.25, 0.3) is 0 Å². The molecule has 88 valence electrons. The van der Waals surface area contributed by atoms with E-state index in [1.54, 1.807) is 18.2 Å². The molecule has 0 aromatic carbocycles. The summed E-state index contributed by atoms with van der Waals surface area (Å²) in [6.45, 7) is 5.52. The standard InChI is InChI=1S/C11H14ClNO2S/c1-11(2,3)15-10(14)7-16-9-6-4-5-8(12)13-9/h4-6H,7H2,1-3H3. The first-order valence-corrected chi connectivity index (χ1v) is 6.20. The second-order valence-corrected chi connectivity index (χ2v) is 5.56. The van der Waals surface area contributed by atoms with E-state index in [2.05, 4.69) is 4.98 Å². The fraction of sp³-hybridized carbons (Fsp3) is 0.455. The topological polar surface area (TPSA) is 39.2 Å². The van der Waals surface area contributed by atoms with E-state index < -0.39 is 5.60 Å². The molecule has 1 heterocycles. The number of rotatable bonds is 3. The number of halogens is 1. The average molecular weight is 260 g/mol. The van der Waals surface area contributed by atoms with Gasteiger partial charge < -0.3 is 4.74 Å². The summed E-state index contributed by atoms with van der Waals surface area (Å²) >= 11 is 7.04. The van der Waals surface area contributed by atoms with Crippen LogP contribution in [0.15, 0.2) is 23.2 Å². The van der Waals surface area contributed by atoms with Crippen LogP contribution < -0.4 is 0 Å². The van der Waals surface area contributed by atoms with Crippen LogP contribution in [0.2, 0.25) is 5.15 Å². The van der Waals surface area contributed by atoms with E-state index in [9.17, 15) is 4.79 Å². The molecule has 16 heavy (non-hydrogen) atoms. The summed E-state index contributed by atoms with van der Waals surface area (Å²) in [6.07, 6.45) is 0. The minimum atomic E-state index is -0.445. The van der Waals surface area contributed by atoms with Crippen molar-refractivity contribution in [2.75, 3.05) is 5.75 Å². The van der Waals surface area contributed by atoms with Gasteiger partial charge in [-0.3, -0.25) is 4.79 Å². The second kappa shape index (κ2) is 5.55. The van der Waals surface area contributed by atoms with Gasteiger partial charge in [0, 0.05) is 0 Å². The SMILES string of the molecule is CC(C)(C)OC(=O)CSc1cccc(Cl)n1. The molecular weight excluding hydrogens is 246 g/mol. The van der Waals surface area contributed by atoms with Gasteiger partial charge in [0.25, 0.3) is 0 Å². The minimum absolute atomic E-state index is 0.241. The molecule has 0 amide bonds. The third-order valence-electron chi connectivity index (χ3n) is 1.45. The molecule has 0 N–H and O–H groups in total. The summed E-state index contributed by atoms with van der Waals surface area (Å²) < 4.78 is 5.17. The Hall–Kier alpha value is -0.740. The highest BCUT2D eigenvalue weighted by atomic mass is 35.5. The van der Waals surface area contributed by atoms with Gasteiger partial charge in [-0.25, -0.2) is 4.98 Å². The Morgan fingerprint density at radius 2 is 2.19 bits per heavy atom. The summed E-state index contributed by atoms with van der Waals surface area (Å²) in [7, 11) is 0. The first-order chi connectivity index (χ1) is 7.37. The predicted octanol–water partition coefficient (Wildman–Crippen LogP) is 3.17. The summed E-state index contributed by atoms with van der Waals surface area (Å²) in [5, 5.41) is 1.15. The van der Waals surface area contributed by atoms with E-state index in [4.69, 9.17) is 16.3 Å². The molecule has 0 fully saturated rings. The Labute approximate surface area is 105 Å². The fourth-order valence-electron chi connectivity index (χ4n) is 0.974. The van der Waals surface area contributed by atoms with Gasteiger partial charge in [0.1, 0.15) is 10.8 Å². The van der Waals surface area contributed by atoms with Crippen LogP contribution in [-0.4, -0.2) is 22.3 Å². The van der Waals surface area contributed by atoms with Crippen LogP contribution in [-0.2, 0) is 9.53 Å². The molecule has 0 aliphatic carbocycles. The molecular formula is C11H14ClNO2S. The first kappa shape index (κ1) is 13.3. The van der Waals surface area contributed by atoms with Crippen LogP contribution in [0.1, 0.15) is 20.8 Å². The van der Waals surface area contributed by atoms with Gasteiger partial charge in [-0.15, -0.1) is 0 Å². The van der Waals surface area contributed by atoms with Crippen molar-refractivity contribution in [2.24, 2.45) is 0 Å². The van der Waals surface area contributed by atoms with Gasteiger partial charge in [0.15, 0.2) is 0 Å². The van der Waals surface area contributed by atoms with Gasteiger partial charge in [-0.1, -0.05) is 29.4 Å². The maximum atomic E-state index is 11.4. The number of pyridine rings is 1. The smallest absolute Gasteiger partial charge is 0.316 e. The summed E-state index contributed by atoms with van der Waals surface area (Å²) in [4.78, 5) is 15.5. The highest BCUT2D eigenvalue weighted by molar-refractivity contribution is 7.99. The molecule has 1 aromatic rings. The number of ether oxygens (including phenoxy) is 1. The normalized spacial score (nSPS) is 11.2. The zero-order valence-electron chi connectivity index (χ0n) is 9.49. The van der Waals surface area contributed by atoms with Crippen LogP contribution >= 0.6 is 23.4 Å². The molecule has 0 bridgehead atoms. The molecule has 0 radical (unpaired) electrons. The zero-order chi connectivity index (χ0) is 12.2. The summed E-state index contributed by atoms with van der Waals surface area (Å²) in [6, 6.07) is 5.30. The Balaban J connectivity index is 2.43. The van der Waals surface area contributed by atoms with E-state index in [1.807, 2.05) is 20.8 Å². The number of carbonyl (C=O) groups is 1. The number of carbonyl (C=O) groups excluding carboxylic acids is 1. The Morgan fingerprint density at radius 3 is 2.75 bits per heavy atom. The lowest BCUT2D eigenvalue weighted by molar-refractivity contribution is -0.151. The highest BCUT2D eigenvalue weighted by Crippen LogP contribution is 2.18. The number of hydrogen-bond acceptors (Lipinski definition) is 4. The lowest BCUT2D eigenvalue weighted by Gasteiger charge is -2.19. The zero-order valence-corrected chi connectivity index (χ0v) is 11.1. The van der Waals surface area contributed by atoms with E-state index in [-0.39, 0.29) is 11.7 Å². The van der Waals surface area contributed by atoms with Crippen molar-refractivity contribution in [2.45, 2.75) is 31.4 Å². The predicted molar refractivity (Wildman–Crippen MR) is 65.8 cm³/mol. The number of nitrogens with zero attached hydrogens (tertiary/aromatic N) is 1. The Morgan fingerprint density at radius 1 is 1.50 bits per heavy atom. The maximum absolute atomic E-state index is 11.4. The third-order valence-corrected chi connectivity index (χ3v) is 2.56. The van der Waals surface area contributed by atoms with Crippen molar-refractivity contribution in [3.63, 3.8) is 0 Å². The summed E-state index contributed by atoms with van der Waals surface area (Å²) in [5.41, 5.74) is -0.445. The van der Waals surface area contributed by atoms with Crippen molar-refractivity contribution in [1.82, 2.24) is 4.98 Å². The van der Waals surface area contributed by atoms with Crippen molar-refractivity contribution >= 4 is 29.3 Å². The molecule has 0 aliphatic rings. The maximum Gasteiger partial charge on any atom is 0.316 e. The van der Waals surface area contributed by atoms with Gasteiger partial charge in [-0.05, 0) is 32.9 Å².